The summed E-state index contributed by atoms with van der Waals surface area (Å²) in [7, 11) is 0. The number of halogens is 1. The molecule has 0 radical (unpaired) electrons. The normalized spacial score (nSPS) is 14.1. The minimum atomic E-state index is -1.82. The molecule has 1 N–H and O–H groups in total. The third-order valence-corrected chi connectivity index (χ3v) is 2.55. The SMILES string of the molecule is CC(C)(F)C(=O)NC(C(C)(C)C)C(C)(C)C. The van der Waals surface area contributed by atoms with E-state index in [1.165, 1.54) is 13.8 Å². The first kappa shape index (κ1) is 15.4. The van der Waals surface area contributed by atoms with E-state index in [-0.39, 0.29) is 16.9 Å². The molecule has 0 spiro atoms. The number of rotatable bonds is 2. The summed E-state index contributed by atoms with van der Waals surface area (Å²) in [4.78, 5) is 11.7. The monoisotopic (exact) mass is 231 g/mol. The van der Waals surface area contributed by atoms with Crippen molar-refractivity contribution in [1.82, 2.24) is 5.32 Å². The number of nitrogens with one attached hydrogen (secondary N) is 1. The van der Waals surface area contributed by atoms with Crippen molar-refractivity contribution < 1.29 is 9.18 Å². The molecule has 0 saturated heterocycles. The van der Waals surface area contributed by atoms with Gasteiger partial charge in [-0.05, 0) is 24.7 Å². The van der Waals surface area contributed by atoms with Gasteiger partial charge >= 0.3 is 0 Å². The molecule has 0 aliphatic carbocycles. The van der Waals surface area contributed by atoms with Gasteiger partial charge in [0.15, 0.2) is 5.67 Å². The van der Waals surface area contributed by atoms with Gasteiger partial charge in [0.05, 0.1) is 0 Å². The fourth-order valence-corrected chi connectivity index (χ4v) is 2.03. The number of carbonyl (C=O) groups is 1. The highest BCUT2D eigenvalue weighted by Crippen LogP contribution is 2.33. The van der Waals surface area contributed by atoms with E-state index in [4.69, 9.17) is 0 Å². The quantitative estimate of drug-likeness (QED) is 0.776. The summed E-state index contributed by atoms with van der Waals surface area (Å²) in [6.07, 6.45) is 0. The molecule has 0 aliphatic rings. The fraction of sp³-hybridized carbons (Fsp3) is 0.923. The molecule has 0 bridgehead atoms. The van der Waals surface area contributed by atoms with Gasteiger partial charge in [0.1, 0.15) is 0 Å². The molecule has 0 aliphatic heterocycles. The third kappa shape index (κ3) is 4.50. The van der Waals surface area contributed by atoms with Crippen LogP contribution in [0.25, 0.3) is 0 Å². The second-order valence-corrected chi connectivity index (χ2v) is 7.11. The van der Waals surface area contributed by atoms with Gasteiger partial charge in [-0.15, -0.1) is 0 Å². The van der Waals surface area contributed by atoms with Crippen molar-refractivity contribution >= 4 is 5.91 Å². The molecule has 1 amide bonds. The Bertz CT molecular complexity index is 239. The van der Waals surface area contributed by atoms with Crippen LogP contribution in [0.3, 0.4) is 0 Å². The van der Waals surface area contributed by atoms with Crippen LogP contribution in [0.15, 0.2) is 0 Å². The Labute approximate surface area is 99.0 Å². The lowest BCUT2D eigenvalue weighted by atomic mass is 9.72. The third-order valence-electron chi connectivity index (χ3n) is 2.55. The number of carbonyl (C=O) groups excluding carboxylic acids is 1. The lowest BCUT2D eigenvalue weighted by Crippen LogP contribution is -2.55. The molecule has 2 nitrogen and oxygen atoms in total. The van der Waals surface area contributed by atoms with E-state index < -0.39 is 11.6 Å². The molecule has 0 aromatic rings. The lowest BCUT2D eigenvalue weighted by Gasteiger charge is -2.41. The Morgan fingerprint density at radius 3 is 1.44 bits per heavy atom. The second kappa shape index (κ2) is 4.34. The molecule has 16 heavy (non-hydrogen) atoms. The fourth-order valence-electron chi connectivity index (χ4n) is 2.03. The Kier molecular flexibility index (Phi) is 4.18. The molecule has 96 valence electrons. The van der Waals surface area contributed by atoms with Crippen LogP contribution in [0.5, 0.6) is 0 Å². The maximum absolute atomic E-state index is 13.5. The van der Waals surface area contributed by atoms with E-state index in [1.54, 1.807) is 0 Å². The van der Waals surface area contributed by atoms with Crippen molar-refractivity contribution in [2.75, 3.05) is 0 Å². The standard InChI is InChI=1S/C13H26FNO/c1-11(2,3)9(12(4,5)6)15-10(16)13(7,8)14/h9H,1-8H3,(H,15,16). The van der Waals surface area contributed by atoms with Gasteiger partial charge in [0, 0.05) is 6.04 Å². The molecule has 0 rings (SSSR count). The molecule has 0 fully saturated rings. The first-order valence-corrected chi connectivity index (χ1v) is 5.76. The molecule has 0 atom stereocenters. The van der Waals surface area contributed by atoms with Gasteiger partial charge in [-0.25, -0.2) is 4.39 Å². The maximum atomic E-state index is 13.5. The predicted molar refractivity (Wildman–Crippen MR) is 66.0 cm³/mol. The van der Waals surface area contributed by atoms with Gasteiger partial charge in [-0.2, -0.15) is 0 Å². The molecular formula is C13H26FNO. The zero-order valence-electron chi connectivity index (χ0n) is 11.9. The van der Waals surface area contributed by atoms with E-state index in [0.717, 1.165) is 0 Å². The number of alkyl halides is 1. The highest BCUT2D eigenvalue weighted by molar-refractivity contribution is 5.84. The van der Waals surface area contributed by atoms with Gasteiger partial charge in [0.2, 0.25) is 0 Å². The summed E-state index contributed by atoms with van der Waals surface area (Å²) >= 11 is 0. The Morgan fingerprint density at radius 1 is 0.938 bits per heavy atom. The first-order valence-electron chi connectivity index (χ1n) is 5.76. The largest absolute Gasteiger partial charge is 0.350 e. The van der Waals surface area contributed by atoms with Crippen LogP contribution < -0.4 is 5.32 Å². The van der Waals surface area contributed by atoms with Gasteiger partial charge in [-0.3, -0.25) is 4.79 Å². The van der Waals surface area contributed by atoms with E-state index in [9.17, 15) is 9.18 Å². The van der Waals surface area contributed by atoms with Crippen molar-refractivity contribution in [1.29, 1.82) is 0 Å². The van der Waals surface area contributed by atoms with E-state index in [2.05, 4.69) is 46.9 Å². The Morgan fingerprint density at radius 2 is 1.25 bits per heavy atom. The van der Waals surface area contributed by atoms with Crippen LogP contribution in [0.1, 0.15) is 55.4 Å². The molecule has 0 aromatic heterocycles. The van der Waals surface area contributed by atoms with Crippen molar-refractivity contribution in [3.05, 3.63) is 0 Å². The van der Waals surface area contributed by atoms with Crippen LogP contribution in [0, 0.1) is 10.8 Å². The molecule has 0 saturated carbocycles. The molecule has 0 heterocycles. The zero-order chi connectivity index (χ0) is 13.4. The smallest absolute Gasteiger partial charge is 0.257 e. The number of hydrogen-bond acceptors (Lipinski definition) is 1. The van der Waals surface area contributed by atoms with Gasteiger partial charge in [0.25, 0.3) is 5.91 Å². The highest BCUT2D eigenvalue weighted by atomic mass is 19.1. The topological polar surface area (TPSA) is 29.1 Å². The first-order chi connectivity index (χ1) is 6.76. The van der Waals surface area contributed by atoms with Crippen molar-refractivity contribution in [3.63, 3.8) is 0 Å². The van der Waals surface area contributed by atoms with Crippen LogP contribution in [0.2, 0.25) is 0 Å². The maximum Gasteiger partial charge on any atom is 0.257 e. The van der Waals surface area contributed by atoms with Crippen molar-refractivity contribution in [2.45, 2.75) is 67.1 Å². The Hall–Kier alpha value is -0.600. The average molecular weight is 231 g/mol. The average Bonchev–Trinajstić information content (AvgIpc) is 1.92. The molecule has 0 aromatic carbocycles. The van der Waals surface area contributed by atoms with Gasteiger partial charge in [-0.1, -0.05) is 41.5 Å². The van der Waals surface area contributed by atoms with Crippen LogP contribution in [-0.4, -0.2) is 17.6 Å². The minimum Gasteiger partial charge on any atom is -0.350 e. The summed E-state index contributed by atoms with van der Waals surface area (Å²) in [5, 5.41) is 2.82. The Balaban J connectivity index is 4.93. The van der Waals surface area contributed by atoms with Crippen LogP contribution in [-0.2, 0) is 4.79 Å². The predicted octanol–water partition coefficient (Wildman–Crippen LogP) is 3.31. The van der Waals surface area contributed by atoms with Crippen LogP contribution >= 0.6 is 0 Å². The molecule has 3 heteroatoms. The zero-order valence-corrected chi connectivity index (χ0v) is 11.9. The van der Waals surface area contributed by atoms with Gasteiger partial charge < -0.3 is 5.32 Å². The lowest BCUT2D eigenvalue weighted by molar-refractivity contribution is -0.133. The minimum absolute atomic E-state index is 0.0671. The summed E-state index contributed by atoms with van der Waals surface area (Å²) < 4.78 is 13.5. The number of amides is 1. The summed E-state index contributed by atoms with van der Waals surface area (Å²) in [6, 6.07) is -0.0671. The molecule has 0 unspecified atom stereocenters. The summed E-state index contributed by atoms with van der Waals surface area (Å²) in [6.45, 7) is 14.9. The highest BCUT2D eigenvalue weighted by Gasteiger charge is 2.39. The number of hydrogen-bond donors (Lipinski definition) is 1. The van der Waals surface area contributed by atoms with Crippen molar-refractivity contribution in [3.8, 4) is 0 Å². The van der Waals surface area contributed by atoms with Crippen molar-refractivity contribution in [2.24, 2.45) is 10.8 Å². The van der Waals surface area contributed by atoms with E-state index in [0.29, 0.717) is 0 Å². The van der Waals surface area contributed by atoms with E-state index in [1.807, 2.05) is 0 Å². The second-order valence-electron chi connectivity index (χ2n) is 7.11. The van der Waals surface area contributed by atoms with E-state index >= 15 is 0 Å². The molecular weight excluding hydrogens is 205 g/mol. The van der Waals surface area contributed by atoms with Crippen LogP contribution in [0.4, 0.5) is 4.39 Å². The summed E-state index contributed by atoms with van der Waals surface area (Å²) in [5.74, 6) is -0.539. The summed E-state index contributed by atoms with van der Waals surface area (Å²) in [5.41, 5.74) is -2.02.